The Labute approximate surface area is 180 Å². The van der Waals surface area contributed by atoms with Gasteiger partial charge in [-0.2, -0.15) is 0 Å². The van der Waals surface area contributed by atoms with E-state index in [4.69, 9.17) is 4.74 Å². The lowest BCUT2D eigenvalue weighted by atomic mass is 10.1. The lowest BCUT2D eigenvalue weighted by molar-refractivity contribution is 0.0694. The summed E-state index contributed by atoms with van der Waals surface area (Å²) in [6.45, 7) is 6.47. The van der Waals surface area contributed by atoms with Gasteiger partial charge in [0, 0.05) is 25.8 Å². The molecule has 8 nitrogen and oxygen atoms in total. The van der Waals surface area contributed by atoms with E-state index in [0.717, 1.165) is 49.7 Å². The van der Waals surface area contributed by atoms with Gasteiger partial charge in [0.25, 0.3) is 0 Å². The number of pyridine rings is 1. The smallest absolute Gasteiger partial charge is 0.228 e. The summed E-state index contributed by atoms with van der Waals surface area (Å²) in [6.07, 6.45) is 7.66. The summed E-state index contributed by atoms with van der Waals surface area (Å²) in [4.78, 5) is 19.9. The summed E-state index contributed by atoms with van der Waals surface area (Å²) in [7, 11) is 0. The van der Waals surface area contributed by atoms with Crippen molar-refractivity contribution >= 4 is 11.6 Å². The molecule has 2 fully saturated rings. The molecule has 5 heterocycles. The number of hydrogen-bond donors (Lipinski definition) is 1. The standard InChI is InChI=1S/C22H26FN7O/c1-15-24-13-20(30(15)18-5-9-31-10-6-18)21-19(23)12-26-22(28-21)27-16-3-4-17(25-11-16)14-29-7-2-8-29/h3-4,11-13,18H,2,5-10,14H2,1H3,(H,26,27,28). The number of nitrogens with one attached hydrogen (secondary N) is 1. The first-order chi connectivity index (χ1) is 15.2. The number of aryl methyl sites for hydroxylation is 1. The second-order valence-electron chi connectivity index (χ2n) is 8.09. The van der Waals surface area contributed by atoms with Crippen molar-refractivity contribution in [1.82, 2.24) is 29.4 Å². The van der Waals surface area contributed by atoms with E-state index in [1.165, 1.54) is 12.6 Å². The molecule has 162 valence electrons. The van der Waals surface area contributed by atoms with Crippen molar-refractivity contribution in [2.75, 3.05) is 31.6 Å². The van der Waals surface area contributed by atoms with Crippen LogP contribution in [-0.4, -0.2) is 55.7 Å². The number of rotatable bonds is 6. The highest BCUT2D eigenvalue weighted by molar-refractivity contribution is 5.59. The van der Waals surface area contributed by atoms with E-state index in [1.54, 1.807) is 12.4 Å². The number of aromatic nitrogens is 5. The Morgan fingerprint density at radius 3 is 2.65 bits per heavy atom. The second kappa shape index (κ2) is 8.68. The van der Waals surface area contributed by atoms with Crippen LogP contribution in [0.2, 0.25) is 0 Å². The van der Waals surface area contributed by atoms with Crippen LogP contribution in [0, 0.1) is 12.7 Å². The lowest BCUT2D eigenvalue weighted by Gasteiger charge is -2.30. The molecular formula is C22H26FN7O. The molecule has 0 saturated carbocycles. The van der Waals surface area contributed by atoms with Crippen LogP contribution in [0.3, 0.4) is 0 Å². The van der Waals surface area contributed by atoms with Crippen molar-refractivity contribution in [3.05, 3.63) is 48.1 Å². The first-order valence-corrected chi connectivity index (χ1v) is 10.8. The lowest BCUT2D eigenvalue weighted by Crippen LogP contribution is -2.36. The molecule has 0 spiro atoms. The van der Waals surface area contributed by atoms with E-state index in [-0.39, 0.29) is 11.7 Å². The zero-order chi connectivity index (χ0) is 21.2. The van der Waals surface area contributed by atoms with Gasteiger partial charge in [0.15, 0.2) is 5.82 Å². The third-order valence-corrected chi connectivity index (χ3v) is 5.94. The molecule has 3 aromatic rings. The third kappa shape index (κ3) is 4.28. The zero-order valence-electron chi connectivity index (χ0n) is 17.6. The molecular weight excluding hydrogens is 397 g/mol. The molecule has 31 heavy (non-hydrogen) atoms. The molecule has 0 aliphatic carbocycles. The van der Waals surface area contributed by atoms with Gasteiger partial charge in [-0.1, -0.05) is 0 Å². The van der Waals surface area contributed by atoms with Gasteiger partial charge in [0.05, 0.1) is 35.7 Å². The fourth-order valence-electron chi connectivity index (χ4n) is 4.13. The van der Waals surface area contributed by atoms with Crippen molar-refractivity contribution in [2.45, 2.75) is 38.8 Å². The van der Waals surface area contributed by atoms with Crippen LogP contribution in [0.25, 0.3) is 11.4 Å². The summed E-state index contributed by atoms with van der Waals surface area (Å²) in [5, 5.41) is 3.14. The van der Waals surface area contributed by atoms with Crippen molar-refractivity contribution in [1.29, 1.82) is 0 Å². The Morgan fingerprint density at radius 1 is 1.10 bits per heavy atom. The number of hydrogen-bond acceptors (Lipinski definition) is 7. The SMILES string of the molecule is Cc1ncc(-c2nc(Nc3ccc(CN4CCC4)nc3)ncc2F)n1C1CCOCC1. The number of ether oxygens (including phenoxy) is 1. The van der Waals surface area contributed by atoms with E-state index in [0.29, 0.717) is 24.9 Å². The van der Waals surface area contributed by atoms with Gasteiger partial charge in [-0.05, 0) is 51.4 Å². The Morgan fingerprint density at radius 2 is 1.94 bits per heavy atom. The number of imidazole rings is 1. The maximum absolute atomic E-state index is 14.7. The predicted octanol–water partition coefficient (Wildman–Crippen LogP) is 3.48. The molecule has 2 aliphatic rings. The molecule has 0 radical (unpaired) electrons. The molecule has 0 unspecified atom stereocenters. The van der Waals surface area contributed by atoms with E-state index < -0.39 is 5.82 Å². The number of nitrogens with zero attached hydrogens (tertiary/aromatic N) is 6. The van der Waals surface area contributed by atoms with Crippen LogP contribution in [0.1, 0.15) is 36.8 Å². The molecule has 0 bridgehead atoms. The van der Waals surface area contributed by atoms with Crippen LogP contribution in [0.4, 0.5) is 16.0 Å². The molecule has 5 rings (SSSR count). The molecule has 2 saturated heterocycles. The Kier molecular flexibility index (Phi) is 5.61. The van der Waals surface area contributed by atoms with Crippen LogP contribution in [-0.2, 0) is 11.3 Å². The number of anilines is 2. The number of likely N-dealkylation sites (tertiary alicyclic amines) is 1. The summed E-state index contributed by atoms with van der Waals surface area (Å²) in [5.74, 6) is 0.698. The van der Waals surface area contributed by atoms with Crippen LogP contribution in [0.15, 0.2) is 30.7 Å². The minimum Gasteiger partial charge on any atom is -0.381 e. The van der Waals surface area contributed by atoms with Gasteiger partial charge in [-0.15, -0.1) is 0 Å². The van der Waals surface area contributed by atoms with Crippen LogP contribution in [0.5, 0.6) is 0 Å². The maximum Gasteiger partial charge on any atom is 0.228 e. The van der Waals surface area contributed by atoms with Gasteiger partial charge in [0.1, 0.15) is 11.5 Å². The second-order valence-corrected chi connectivity index (χ2v) is 8.09. The summed E-state index contributed by atoms with van der Waals surface area (Å²) in [6, 6.07) is 4.17. The van der Waals surface area contributed by atoms with Crippen LogP contribution >= 0.6 is 0 Å². The fourth-order valence-corrected chi connectivity index (χ4v) is 4.13. The van der Waals surface area contributed by atoms with E-state index in [9.17, 15) is 4.39 Å². The van der Waals surface area contributed by atoms with E-state index in [1.807, 2.05) is 19.1 Å². The fraction of sp³-hybridized carbons (Fsp3) is 0.455. The quantitative estimate of drug-likeness (QED) is 0.650. The van der Waals surface area contributed by atoms with Crippen molar-refractivity contribution in [2.24, 2.45) is 0 Å². The third-order valence-electron chi connectivity index (χ3n) is 5.94. The van der Waals surface area contributed by atoms with E-state index >= 15 is 0 Å². The minimum atomic E-state index is -0.471. The van der Waals surface area contributed by atoms with Gasteiger partial charge < -0.3 is 14.6 Å². The van der Waals surface area contributed by atoms with E-state index in [2.05, 4.69) is 34.7 Å². The molecule has 0 atom stereocenters. The van der Waals surface area contributed by atoms with Gasteiger partial charge >= 0.3 is 0 Å². The predicted molar refractivity (Wildman–Crippen MR) is 114 cm³/mol. The molecule has 2 aliphatic heterocycles. The average molecular weight is 423 g/mol. The maximum atomic E-state index is 14.7. The van der Waals surface area contributed by atoms with Crippen molar-refractivity contribution in [3.63, 3.8) is 0 Å². The summed E-state index contributed by atoms with van der Waals surface area (Å²) in [5.41, 5.74) is 2.70. The van der Waals surface area contributed by atoms with Gasteiger partial charge in [-0.25, -0.2) is 19.3 Å². The monoisotopic (exact) mass is 423 g/mol. The molecule has 9 heteroatoms. The highest BCUT2D eigenvalue weighted by atomic mass is 19.1. The highest BCUT2D eigenvalue weighted by Gasteiger charge is 2.23. The largest absolute Gasteiger partial charge is 0.381 e. The zero-order valence-corrected chi connectivity index (χ0v) is 17.6. The minimum absolute atomic E-state index is 0.222. The van der Waals surface area contributed by atoms with Gasteiger partial charge in [0.2, 0.25) is 5.95 Å². The molecule has 3 aromatic heterocycles. The first-order valence-electron chi connectivity index (χ1n) is 10.8. The first kappa shape index (κ1) is 20.0. The van der Waals surface area contributed by atoms with Crippen LogP contribution < -0.4 is 5.32 Å². The Bertz CT molecular complexity index is 1040. The number of halogens is 1. The van der Waals surface area contributed by atoms with Gasteiger partial charge in [-0.3, -0.25) is 9.88 Å². The van der Waals surface area contributed by atoms with Crippen molar-refractivity contribution < 1.29 is 9.13 Å². The highest BCUT2D eigenvalue weighted by Crippen LogP contribution is 2.31. The summed E-state index contributed by atoms with van der Waals surface area (Å²) < 4.78 is 22.3. The topological polar surface area (TPSA) is 81.0 Å². The molecule has 0 aromatic carbocycles. The average Bonchev–Trinajstić information content (AvgIpc) is 3.15. The van der Waals surface area contributed by atoms with Crippen molar-refractivity contribution in [3.8, 4) is 11.4 Å². The Balaban J connectivity index is 1.37. The Hall–Kier alpha value is -2.91. The normalized spacial score (nSPS) is 17.5. The molecule has 0 amide bonds. The summed E-state index contributed by atoms with van der Waals surface area (Å²) >= 11 is 0. The molecule has 1 N–H and O–H groups in total.